The Balaban J connectivity index is 2.45. The Kier molecular flexibility index (Phi) is 8.72. The van der Waals surface area contributed by atoms with Crippen molar-refractivity contribution in [2.75, 3.05) is 26.7 Å². The van der Waals surface area contributed by atoms with Crippen molar-refractivity contribution in [3.63, 3.8) is 0 Å². The molecule has 0 spiro atoms. The summed E-state index contributed by atoms with van der Waals surface area (Å²) < 4.78 is 0. The Morgan fingerprint density at radius 2 is 1.89 bits per heavy atom. The molecule has 0 aromatic rings. The summed E-state index contributed by atoms with van der Waals surface area (Å²) in [4.78, 5) is 2.56. The number of hydrogen-bond acceptors (Lipinski definition) is 2. The Bertz CT molecular complexity index is 217. The summed E-state index contributed by atoms with van der Waals surface area (Å²) in [6, 6.07) is 0.766. The molecule has 0 heterocycles. The molecule has 114 valence electrons. The molecule has 1 aliphatic carbocycles. The maximum Gasteiger partial charge on any atom is 0.0108 e. The van der Waals surface area contributed by atoms with E-state index in [1.807, 2.05) is 0 Å². The van der Waals surface area contributed by atoms with Crippen molar-refractivity contribution in [2.45, 2.75) is 71.8 Å². The lowest BCUT2D eigenvalue weighted by Crippen LogP contribution is -2.45. The van der Waals surface area contributed by atoms with Crippen LogP contribution in [0.5, 0.6) is 0 Å². The lowest BCUT2D eigenvalue weighted by molar-refractivity contribution is 0.149. The minimum atomic E-state index is 0.766. The zero-order valence-electron chi connectivity index (χ0n) is 13.8. The monoisotopic (exact) mass is 268 g/mol. The predicted octanol–water partition coefficient (Wildman–Crippen LogP) is 3.91. The lowest BCUT2D eigenvalue weighted by atomic mass is 9.76. The summed E-state index contributed by atoms with van der Waals surface area (Å²) in [5.41, 5.74) is 0. The van der Waals surface area contributed by atoms with E-state index in [0.717, 1.165) is 24.4 Å². The zero-order valence-corrected chi connectivity index (χ0v) is 13.8. The van der Waals surface area contributed by atoms with E-state index in [9.17, 15) is 0 Å². The van der Waals surface area contributed by atoms with Gasteiger partial charge in [0.15, 0.2) is 0 Å². The Hall–Kier alpha value is -0.0800. The van der Waals surface area contributed by atoms with Gasteiger partial charge in [0.25, 0.3) is 0 Å². The minimum Gasteiger partial charge on any atom is -0.314 e. The van der Waals surface area contributed by atoms with E-state index in [2.05, 4.69) is 38.0 Å². The van der Waals surface area contributed by atoms with Crippen LogP contribution in [0.3, 0.4) is 0 Å². The van der Waals surface area contributed by atoms with Crippen LogP contribution in [0, 0.1) is 11.8 Å². The number of hydrogen-bond donors (Lipinski definition) is 1. The van der Waals surface area contributed by atoms with Crippen LogP contribution in [-0.4, -0.2) is 37.6 Å². The topological polar surface area (TPSA) is 15.3 Å². The van der Waals surface area contributed by atoms with Crippen LogP contribution in [0.1, 0.15) is 65.7 Å². The van der Waals surface area contributed by atoms with Gasteiger partial charge in [-0.25, -0.2) is 0 Å². The van der Waals surface area contributed by atoms with E-state index in [0.29, 0.717) is 0 Å². The maximum atomic E-state index is 3.73. The van der Waals surface area contributed by atoms with Crippen molar-refractivity contribution >= 4 is 0 Å². The van der Waals surface area contributed by atoms with Crippen LogP contribution in [0.4, 0.5) is 0 Å². The molecule has 0 saturated heterocycles. The maximum absolute atomic E-state index is 3.73. The van der Waals surface area contributed by atoms with Crippen LogP contribution in [-0.2, 0) is 0 Å². The summed E-state index contributed by atoms with van der Waals surface area (Å²) >= 11 is 0. The highest BCUT2D eigenvalue weighted by molar-refractivity contribution is 4.86. The summed E-state index contributed by atoms with van der Waals surface area (Å²) in [5, 5.41) is 3.73. The molecule has 19 heavy (non-hydrogen) atoms. The summed E-state index contributed by atoms with van der Waals surface area (Å²) in [7, 11) is 2.31. The molecule has 0 radical (unpaired) electrons. The second kappa shape index (κ2) is 9.77. The van der Waals surface area contributed by atoms with Gasteiger partial charge in [0.1, 0.15) is 0 Å². The van der Waals surface area contributed by atoms with Crippen molar-refractivity contribution in [3.8, 4) is 0 Å². The van der Waals surface area contributed by atoms with Crippen LogP contribution in [0.15, 0.2) is 0 Å². The van der Waals surface area contributed by atoms with Gasteiger partial charge in [-0.2, -0.15) is 0 Å². The molecule has 1 fully saturated rings. The van der Waals surface area contributed by atoms with Gasteiger partial charge in [-0.3, -0.25) is 0 Å². The third-order valence-corrected chi connectivity index (χ3v) is 4.69. The van der Waals surface area contributed by atoms with E-state index in [1.54, 1.807) is 0 Å². The zero-order chi connectivity index (χ0) is 14.1. The molecule has 1 saturated carbocycles. The van der Waals surface area contributed by atoms with Gasteiger partial charge in [0.2, 0.25) is 0 Å². The lowest BCUT2D eigenvalue weighted by Gasteiger charge is -2.38. The normalized spacial score (nSPS) is 27.9. The SMILES string of the molecule is CCCCN(C)CC1CC(CCC)CCC1NCC. The first-order chi connectivity index (χ1) is 9.21. The number of nitrogens with zero attached hydrogens (tertiary/aromatic N) is 1. The smallest absolute Gasteiger partial charge is 0.0108 e. The van der Waals surface area contributed by atoms with Crippen molar-refractivity contribution in [2.24, 2.45) is 11.8 Å². The quantitative estimate of drug-likeness (QED) is 0.682. The van der Waals surface area contributed by atoms with Crippen LogP contribution in [0.2, 0.25) is 0 Å². The van der Waals surface area contributed by atoms with Gasteiger partial charge in [-0.15, -0.1) is 0 Å². The largest absolute Gasteiger partial charge is 0.314 e. The molecule has 1 aliphatic rings. The van der Waals surface area contributed by atoms with E-state index >= 15 is 0 Å². The molecule has 0 bridgehead atoms. The Morgan fingerprint density at radius 3 is 2.53 bits per heavy atom. The molecule has 2 nitrogen and oxygen atoms in total. The van der Waals surface area contributed by atoms with Gasteiger partial charge in [0, 0.05) is 12.6 Å². The van der Waals surface area contributed by atoms with Crippen LogP contribution >= 0.6 is 0 Å². The average Bonchev–Trinajstić information content (AvgIpc) is 2.40. The minimum absolute atomic E-state index is 0.766. The van der Waals surface area contributed by atoms with Gasteiger partial charge in [0.05, 0.1) is 0 Å². The van der Waals surface area contributed by atoms with Crippen molar-refractivity contribution in [3.05, 3.63) is 0 Å². The van der Waals surface area contributed by atoms with Gasteiger partial charge in [-0.1, -0.05) is 40.0 Å². The fraction of sp³-hybridized carbons (Fsp3) is 1.00. The van der Waals surface area contributed by atoms with E-state index in [-0.39, 0.29) is 0 Å². The predicted molar refractivity (Wildman–Crippen MR) is 85.6 cm³/mol. The van der Waals surface area contributed by atoms with Crippen LogP contribution in [0.25, 0.3) is 0 Å². The molecule has 0 aromatic carbocycles. The second-order valence-electron chi connectivity index (χ2n) is 6.51. The molecule has 0 aromatic heterocycles. The summed E-state index contributed by atoms with van der Waals surface area (Å²) in [5.74, 6) is 1.86. The highest BCUT2D eigenvalue weighted by atomic mass is 15.1. The van der Waals surface area contributed by atoms with Crippen molar-refractivity contribution in [1.82, 2.24) is 10.2 Å². The number of rotatable bonds is 9. The molecule has 3 atom stereocenters. The van der Waals surface area contributed by atoms with Gasteiger partial charge >= 0.3 is 0 Å². The molecular formula is C17H36N2. The molecule has 1 rings (SSSR count). The van der Waals surface area contributed by atoms with E-state index < -0.39 is 0 Å². The third-order valence-electron chi connectivity index (χ3n) is 4.69. The first-order valence-electron chi connectivity index (χ1n) is 8.63. The van der Waals surface area contributed by atoms with Crippen LogP contribution < -0.4 is 5.32 Å². The molecule has 0 amide bonds. The molecule has 2 heteroatoms. The van der Waals surface area contributed by atoms with Gasteiger partial charge in [-0.05, 0) is 57.7 Å². The molecule has 3 unspecified atom stereocenters. The summed E-state index contributed by atoms with van der Waals surface area (Å²) in [6.45, 7) is 10.5. The Labute approximate surface area is 121 Å². The number of nitrogens with one attached hydrogen (secondary N) is 1. The first-order valence-corrected chi connectivity index (χ1v) is 8.63. The third kappa shape index (κ3) is 6.27. The van der Waals surface area contributed by atoms with Crippen molar-refractivity contribution < 1.29 is 0 Å². The summed E-state index contributed by atoms with van der Waals surface area (Å²) in [6.07, 6.45) is 9.73. The standard InChI is InChI=1S/C17H36N2/c1-5-8-12-19(4)14-16-13-15(9-6-2)10-11-17(16)18-7-3/h15-18H,5-14H2,1-4H3. The molecule has 0 aliphatic heterocycles. The molecular weight excluding hydrogens is 232 g/mol. The van der Waals surface area contributed by atoms with E-state index in [4.69, 9.17) is 0 Å². The fourth-order valence-electron chi connectivity index (χ4n) is 3.68. The fourth-order valence-corrected chi connectivity index (χ4v) is 3.68. The highest BCUT2D eigenvalue weighted by Crippen LogP contribution is 2.32. The molecule has 1 N–H and O–H groups in total. The van der Waals surface area contributed by atoms with E-state index in [1.165, 1.54) is 58.0 Å². The van der Waals surface area contributed by atoms with Gasteiger partial charge < -0.3 is 10.2 Å². The Morgan fingerprint density at radius 1 is 1.11 bits per heavy atom. The second-order valence-corrected chi connectivity index (χ2v) is 6.51. The first kappa shape index (κ1) is 17.0. The number of unbranched alkanes of at least 4 members (excludes halogenated alkanes) is 1. The average molecular weight is 268 g/mol. The highest BCUT2D eigenvalue weighted by Gasteiger charge is 2.30. The van der Waals surface area contributed by atoms with Crippen molar-refractivity contribution in [1.29, 1.82) is 0 Å².